The van der Waals surface area contributed by atoms with Crippen molar-refractivity contribution in [2.24, 2.45) is 5.10 Å². The smallest absolute Gasteiger partial charge is 0.313 e. The Kier molecular flexibility index (Phi) is 4.76. The van der Waals surface area contributed by atoms with E-state index in [1.54, 1.807) is 30.3 Å². The number of nitrogens with zero attached hydrogens (tertiary/aromatic N) is 3. The number of halogens is 1. The summed E-state index contributed by atoms with van der Waals surface area (Å²) in [5.41, 5.74) is 2.53. The Bertz CT molecular complexity index is 1050. The maximum absolute atomic E-state index is 12.0. The van der Waals surface area contributed by atoms with E-state index in [1.165, 1.54) is 18.5 Å². The normalized spacial score (nSPS) is 11.0. The Labute approximate surface area is 151 Å². The zero-order valence-corrected chi connectivity index (χ0v) is 13.8. The van der Waals surface area contributed by atoms with E-state index in [1.807, 2.05) is 0 Å². The fourth-order valence-electron chi connectivity index (χ4n) is 2.34. The summed E-state index contributed by atoms with van der Waals surface area (Å²) in [6, 6.07) is 10.7. The van der Waals surface area contributed by atoms with Gasteiger partial charge in [0.25, 0.3) is 5.91 Å². The molecule has 1 aromatic heterocycles. The minimum absolute atomic E-state index is 0.0734. The molecule has 0 spiro atoms. The van der Waals surface area contributed by atoms with Gasteiger partial charge in [-0.25, -0.2) is 5.43 Å². The Morgan fingerprint density at radius 2 is 2.12 bits per heavy atom. The Morgan fingerprint density at radius 3 is 2.85 bits per heavy atom. The zero-order chi connectivity index (χ0) is 18.7. The largest absolute Gasteiger partial charge is 0.501 e. The van der Waals surface area contributed by atoms with Gasteiger partial charge in [0.1, 0.15) is 5.52 Å². The molecule has 26 heavy (non-hydrogen) atoms. The number of carbonyl (C=O) groups is 1. The molecule has 2 aromatic carbocycles. The molecule has 0 saturated carbocycles. The van der Waals surface area contributed by atoms with Gasteiger partial charge in [-0.2, -0.15) is 5.10 Å². The van der Waals surface area contributed by atoms with Crippen LogP contribution in [0.1, 0.15) is 15.9 Å². The van der Waals surface area contributed by atoms with Crippen molar-refractivity contribution in [1.29, 1.82) is 0 Å². The molecule has 1 heterocycles. The topological polar surface area (TPSA) is 118 Å². The Morgan fingerprint density at radius 1 is 1.31 bits per heavy atom. The maximum atomic E-state index is 12.0. The van der Waals surface area contributed by atoms with Crippen molar-refractivity contribution in [3.05, 3.63) is 74.9 Å². The first-order valence-corrected chi connectivity index (χ1v) is 7.69. The molecule has 3 rings (SSSR count). The van der Waals surface area contributed by atoms with Crippen molar-refractivity contribution in [2.45, 2.75) is 0 Å². The molecular weight excluding hydrogens is 360 g/mol. The van der Waals surface area contributed by atoms with Crippen molar-refractivity contribution in [3.8, 4) is 5.75 Å². The summed E-state index contributed by atoms with van der Waals surface area (Å²) in [6.45, 7) is 0. The van der Waals surface area contributed by atoms with Gasteiger partial charge in [-0.1, -0.05) is 23.7 Å². The van der Waals surface area contributed by atoms with E-state index in [4.69, 9.17) is 11.6 Å². The quantitative estimate of drug-likeness (QED) is 0.415. The van der Waals surface area contributed by atoms with Crippen LogP contribution < -0.4 is 5.43 Å². The van der Waals surface area contributed by atoms with E-state index < -0.39 is 22.3 Å². The Hall–Kier alpha value is -3.52. The van der Waals surface area contributed by atoms with Gasteiger partial charge in [0.2, 0.25) is 5.75 Å². The van der Waals surface area contributed by atoms with Gasteiger partial charge in [0.15, 0.2) is 0 Å². The molecule has 0 fully saturated rings. The van der Waals surface area contributed by atoms with Gasteiger partial charge in [0.05, 0.1) is 11.1 Å². The van der Waals surface area contributed by atoms with Gasteiger partial charge in [-0.3, -0.25) is 19.9 Å². The standard InChI is InChI=1S/C17H11ClN4O4/c18-12-4-1-3-10(7-12)17(24)21-20-9-11-8-14(22(25)26)16(23)15-13(11)5-2-6-19-15/h1-9,23H,(H,21,24)/b20-9-. The Balaban J connectivity index is 1.93. The molecule has 0 aliphatic carbocycles. The molecule has 0 saturated heterocycles. The van der Waals surface area contributed by atoms with E-state index in [-0.39, 0.29) is 5.52 Å². The number of benzene rings is 2. The van der Waals surface area contributed by atoms with Crippen LogP contribution in [0.4, 0.5) is 5.69 Å². The average Bonchev–Trinajstić information content (AvgIpc) is 2.63. The molecule has 9 heteroatoms. The molecular formula is C17H11ClN4O4. The zero-order valence-electron chi connectivity index (χ0n) is 13.1. The number of phenolic OH excluding ortho intramolecular Hbond substituents is 1. The lowest BCUT2D eigenvalue weighted by Gasteiger charge is -2.05. The third kappa shape index (κ3) is 3.45. The number of hydrogen-bond donors (Lipinski definition) is 2. The van der Waals surface area contributed by atoms with E-state index in [0.29, 0.717) is 21.5 Å². The van der Waals surface area contributed by atoms with Crippen molar-refractivity contribution < 1.29 is 14.8 Å². The number of carbonyl (C=O) groups excluding carboxylic acids is 1. The lowest BCUT2D eigenvalue weighted by atomic mass is 10.1. The monoisotopic (exact) mass is 370 g/mol. The summed E-state index contributed by atoms with van der Waals surface area (Å²) in [6.07, 6.45) is 2.66. The van der Waals surface area contributed by atoms with E-state index in [0.717, 1.165) is 6.07 Å². The molecule has 2 N–H and O–H groups in total. The highest BCUT2D eigenvalue weighted by Crippen LogP contribution is 2.34. The third-order valence-electron chi connectivity index (χ3n) is 3.53. The van der Waals surface area contributed by atoms with E-state index in [9.17, 15) is 20.0 Å². The molecule has 3 aromatic rings. The number of hydrogen-bond acceptors (Lipinski definition) is 6. The number of pyridine rings is 1. The van der Waals surface area contributed by atoms with Gasteiger partial charge >= 0.3 is 5.69 Å². The minimum atomic E-state index is -0.717. The molecule has 130 valence electrons. The summed E-state index contributed by atoms with van der Waals surface area (Å²) < 4.78 is 0. The number of aromatic hydroxyl groups is 1. The van der Waals surface area contributed by atoms with Crippen LogP contribution in [-0.4, -0.2) is 27.1 Å². The summed E-state index contributed by atoms with van der Waals surface area (Å²) >= 11 is 5.83. The van der Waals surface area contributed by atoms with Crippen LogP contribution in [0.25, 0.3) is 10.9 Å². The number of fused-ring (bicyclic) bond motifs is 1. The summed E-state index contributed by atoms with van der Waals surface area (Å²) in [4.78, 5) is 26.4. The summed E-state index contributed by atoms with van der Waals surface area (Å²) in [7, 11) is 0. The van der Waals surface area contributed by atoms with Crippen LogP contribution in [0.3, 0.4) is 0 Å². The fraction of sp³-hybridized carbons (Fsp3) is 0. The first kappa shape index (κ1) is 17.3. The van der Waals surface area contributed by atoms with E-state index in [2.05, 4.69) is 15.5 Å². The van der Waals surface area contributed by atoms with Crippen molar-refractivity contribution in [2.75, 3.05) is 0 Å². The van der Waals surface area contributed by atoms with Crippen molar-refractivity contribution in [1.82, 2.24) is 10.4 Å². The molecule has 0 aliphatic rings. The predicted molar refractivity (Wildman–Crippen MR) is 96.6 cm³/mol. The number of nitro groups is 1. The van der Waals surface area contributed by atoms with Crippen molar-refractivity contribution >= 4 is 40.3 Å². The van der Waals surface area contributed by atoms with Crippen LogP contribution >= 0.6 is 11.6 Å². The second kappa shape index (κ2) is 7.16. The van der Waals surface area contributed by atoms with Crippen LogP contribution in [-0.2, 0) is 0 Å². The van der Waals surface area contributed by atoms with Gasteiger partial charge in [-0.05, 0) is 24.3 Å². The molecule has 8 nitrogen and oxygen atoms in total. The van der Waals surface area contributed by atoms with Crippen LogP contribution in [0.2, 0.25) is 5.02 Å². The number of nitrogens with one attached hydrogen (secondary N) is 1. The summed E-state index contributed by atoms with van der Waals surface area (Å²) in [5.74, 6) is -1.01. The van der Waals surface area contributed by atoms with E-state index >= 15 is 0 Å². The molecule has 0 unspecified atom stereocenters. The molecule has 1 amide bonds. The second-order valence-corrected chi connectivity index (χ2v) is 5.64. The first-order chi connectivity index (χ1) is 12.5. The number of amides is 1. The van der Waals surface area contributed by atoms with Gasteiger partial charge in [-0.15, -0.1) is 0 Å². The van der Waals surface area contributed by atoms with Gasteiger partial charge < -0.3 is 5.11 Å². The fourth-order valence-corrected chi connectivity index (χ4v) is 2.53. The molecule has 0 radical (unpaired) electrons. The highest BCUT2D eigenvalue weighted by atomic mass is 35.5. The average molecular weight is 371 g/mol. The third-order valence-corrected chi connectivity index (χ3v) is 3.77. The van der Waals surface area contributed by atoms with Gasteiger partial charge in [0, 0.05) is 33.8 Å². The minimum Gasteiger partial charge on any atom is -0.501 e. The summed E-state index contributed by atoms with van der Waals surface area (Å²) in [5, 5.41) is 25.8. The van der Waals surface area contributed by atoms with Crippen LogP contribution in [0.15, 0.2) is 53.8 Å². The molecule has 0 bridgehead atoms. The molecule has 0 aliphatic heterocycles. The SMILES string of the molecule is O=C(N/N=C\c1cc([N+](=O)[O-])c(O)c2ncccc12)c1cccc(Cl)c1. The number of hydrazone groups is 1. The number of nitro benzene ring substituents is 1. The highest BCUT2D eigenvalue weighted by Gasteiger charge is 2.19. The second-order valence-electron chi connectivity index (χ2n) is 5.20. The number of rotatable bonds is 4. The number of phenols is 1. The predicted octanol–water partition coefficient (Wildman–Crippen LogP) is 3.27. The maximum Gasteiger partial charge on any atom is 0.313 e. The lowest BCUT2D eigenvalue weighted by molar-refractivity contribution is -0.385. The molecule has 0 atom stereocenters. The van der Waals surface area contributed by atoms with Crippen molar-refractivity contribution in [3.63, 3.8) is 0 Å². The highest BCUT2D eigenvalue weighted by molar-refractivity contribution is 6.30. The lowest BCUT2D eigenvalue weighted by Crippen LogP contribution is -2.17. The van der Waals surface area contributed by atoms with Crippen LogP contribution in [0, 0.1) is 10.1 Å². The van der Waals surface area contributed by atoms with Crippen LogP contribution in [0.5, 0.6) is 5.75 Å². The number of aromatic nitrogens is 1. The first-order valence-electron chi connectivity index (χ1n) is 7.31.